The van der Waals surface area contributed by atoms with Crippen LogP contribution in [0.15, 0.2) is 27.6 Å². The van der Waals surface area contributed by atoms with Crippen molar-refractivity contribution in [1.82, 2.24) is 9.97 Å². The van der Waals surface area contributed by atoms with E-state index in [1.165, 1.54) is 5.56 Å². The van der Waals surface area contributed by atoms with Gasteiger partial charge in [0.2, 0.25) is 0 Å². The monoisotopic (exact) mass is 312 g/mol. The molecule has 0 spiro atoms. The van der Waals surface area contributed by atoms with Crippen molar-refractivity contribution >= 4 is 38.9 Å². The van der Waals surface area contributed by atoms with E-state index in [0.29, 0.717) is 0 Å². The van der Waals surface area contributed by atoms with Crippen molar-refractivity contribution in [2.75, 3.05) is 24.3 Å². The predicted octanol–water partition coefficient (Wildman–Crippen LogP) is 2.98. The van der Waals surface area contributed by atoms with Crippen molar-refractivity contribution in [3.63, 3.8) is 0 Å². The van der Waals surface area contributed by atoms with E-state index < -0.39 is 0 Å². The molecule has 0 saturated carbocycles. The van der Waals surface area contributed by atoms with Gasteiger partial charge < -0.3 is 10.2 Å². The normalized spacial score (nSPS) is 10.3. The molecule has 0 unspecified atom stereocenters. The molecule has 0 aliphatic carbocycles. The summed E-state index contributed by atoms with van der Waals surface area (Å²) in [5, 5.41) is 5.15. The van der Waals surface area contributed by atoms with Crippen molar-refractivity contribution in [2.45, 2.75) is 6.54 Å². The molecule has 0 aliphatic rings. The summed E-state index contributed by atoms with van der Waals surface area (Å²) in [5.41, 5.74) is 1.27. The van der Waals surface area contributed by atoms with Crippen LogP contribution in [0.4, 0.5) is 11.6 Å². The molecule has 4 nitrogen and oxygen atoms in total. The van der Waals surface area contributed by atoms with Crippen LogP contribution in [0.3, 0.4) is 0 Å². The molecule has 17 heavy (non-hydrogen) atoms. The van der Waals surface area contributed by atoms with Gasteiger partial charge in [-0.3, -0.25) is 0 Å². The average Bonchev–Trinajstić information content (AvgIpc) is 2.75. The van der Waals surface area contributed by atoms with E-state index in [-0.39, 0.29) is 0 Å². The summed E-state index contributed by atoms with van der Waals surface area (Å²) in [5.74, 6) is 1.74. The second-order valence-corrected chi connectivity index (χ2v) is 5.92. The number of aromatic nitrogens is 2. The first-order valence-corrected chi connectivity index (χ1v) is 6.80. The van der Waals surface area contributed by atoms with Gasteiger partial charge in [0, 0.05) is 26.7 Å². The molecule has 0 radical (unpaired) electrons. The van der Waals surface area contributed by atoms with Crippen LogP contribution in [0.1, 0.15) is 5.56 Å². The van der Waals surface area contributed by atoms with Crippen LogP contribution in [0.25, 0.3) is 0 Å². The molecule has 90 valence electrons. The van der Waals surface area contributed by atoms with E-state index in [1.54, 1.807) is 17.7 Å². The molecule has 0 aliphatic heterocycles. The third kappa shape index (κ3) is 3.17. The summed E-state index contributed by atoms with van der Waals surface area (Å²) in [6.07, 6.45) is 1.57. The summed E-state index contributed by atoms with van der Waals surface area (Å²) in [6, 6.07) is 4.06. The number of thiophene rings is 1. The lowest BCUT2D eigenvalue weighted by Gasteiger charge is -2.17. The van der Waals surface area contributed by atoms with E-state index >= 15 is 0 Å². The van der Waals surface area contributed by atoms with Crippen LogP contribution in [0.2, 0.25) is 0 Å². The number of rotatable bonds is 4. The topological polar surface area (TPSA) is 41.0 Å². The lowest BCUT2D eigenvalue weighted by atomic mass is 10.3. The number of hydrogen-bond donors (Lipinski definition) is 1. The first-order chi connectivity index (χ1) is 8.19. The molecule has 0 aromatic carbocycles. The lowest BCUT2D eigenvalue weighted by Crippen LogP contribution is -2.17. The van der Waals surface area contributed by atoms with Gasteiger partial charge in [-0.2, -0.15) is 0 Å². The Hall–Kier alpha value is -1.14. The van der Waals surface area contributed by atoms with E-state index in [9.17, 15) is 0 Å². The molecule has 6 heteroatoms. The summed E-state index contributed by atoms with van der Waals surface area (Å²) in [7, 11) is 3.87. The fourth-order valence-electron chi connectivity index (χ4n) is 1.48. The van der Waals surface area contributed by atoms with Gasteiger partial charge in [-0.15, -0.1) is 11.3 Å². The maximum Gasteiger partial charge on any atom is 0.134 e. The highest BCUT2D eigenvalue weighted by atomic mass is 79.9. The van der Waals surface area contributed by atoms with E-state index in [1.807, 2.05) is 20.2 Å². The Morgan fingerprint density at radius 3 is 2.88 bits per heavy atom. The second kappa shape index (κ2) is 5.46. The van der Waals surface area contributed by atoms with Gasteiger partial charge in [-0.05, 0) is 32.9 Å². The molecule has 2 aromatic heterocycles. The molecular formula is C11H13BrN4S. The van der Waals surface area contributed by atoms with Crippen LogP contribution in [-0.2, 0) is 6.54 Å². The minimum absolute atomic E-state index is 0.827. The van der Waals surface area contributed by atoms with E-state index in [0.717, 1.165) is 22.0 Å². The lowest BCUT2D eigenvalue weighted by molar-refractivity contribution is 0.894. The molecule has 0 bridgehead atoms. The molecule has 2 heterocycles. The number of halogens is 1. The highest BCUT2D eigenvalue weighted by Crippen LogP contribution is 2.23. The summed E-state index contributed by atoms with van der Waals surface area (Å²) >= 11 is 5.16. The quantitative estimate of drug-likeness (QED) is 0.942. The zero-order valence-electron chi connectivity index (χ0n) is 9.64. The van der Waals surface area contributed by atoms with Crippen molar-refractivity contribution in [3.05, 3.63) is 33.2 Å². The molecular weight excluding hydrogens is 300 g/mol. The molecule has 2 aromatic rings. The molecule has 2 rings (SSSR count). The second-order valence-electron chi connectivity index (χ2n) is 3.63. The summed E-state index contributed by atoms with van der Waals surface area (Å²) in [6.45, 7) is 0.836. The zero-order valence-corrected chi connectivity index (χ0v) is 12.0. The number of hydrogen-bond acceptors (Lipinski definition) is 5. The SMILES string of the molecule is CNc1cc(N(C)Cc2csc(Br)c2)ncn1. The third-order valence-corrected chi connectivity index (χ3v) is 3.89. The molecule has 0 atom stereocenters. The van der Waals surface area contributed by atoms with Gasteiger partial charge in [0.05, 0.1) is 3.79 Å². The van der Waals surface area contributed by atoms with Crippen LogP contribution in [0.5, 0.6) is 0 Å². The first kappa shape index (κ1) is 12.3. The minimum Gasteiger partial charge on any atom is -0.373 e. The Labute approximate surface area is 113 Å². The van der Waals surface area contributed by atoms with E-state index in [4.69, 9.17) is 0 Å². The average molecular weight is 313 g/mol. The Balaban J connectivity index is 2.11. The van der Waals surface area contributed by atoms with Crippen molar-refractivity contribution in [1.29, 1.82) is 0 Å². The maximum atomic E-state index is 4.26. The van der Waals surface area contributed by atoms with Gasteiger partial charge in [0.25, 0.3) is 0 Å². The van der Waals surface area contributed by atoms with Crippen molar-refractivity contribution in [3.8, 4) is 0 Å². The Morgan fingerprint density at radius 1 is 1.41 bits per heavy atom. The van der Waals surface area contributed by atoms with Gasteiger partial charge in [-0.1, -0.05) is 0 Å². The minimum atomic E-state index is 0.827. The highest BCUT2D eigenvalue weighted by Gasteiger charge is 2.06. The van der Waals surface area contributed by atoms with E-state index in [2.05, 4.69) is 47.6 Å². The summed E-state index contributed by atoms with van der Waals surface area (Å²) in [4.78, 5) is 10.4. The first-order valence-electron chi connectivity index (χ1n) is 5.13. The van der Waals surface area contributed by atoms with Crippen LogP contribution < -0.4 is 10.2 Å². The van der Waals surface area contributed by atoms with Gasteiger partial charge in [-0.25, -0.2) is 9.97 Å². The van der Waals surface area contributed by atoms with Gasteiger partial charge >= 0.3 is 0 Å². The molecule has 1 N–H and O–H groups in total. The Morgan fingerprint density at radius 2 is 2.24 bits per heavy atom. The third-order valence-electron chi connectivity index (χ3n) is 2.34. The number of nitrogens with zero attached hydrogens (tertiary/aromatic N) is 3. The van der Waals surface area contributed by atoms with Gasteiger partial charge in [0.15, 0.2) is 0 Å². The van der Waals surface area contributed by atoms with Crippen LogP contribution >= 0.6 is 27.3 Å². The number of nitrogens with one attached hydrogen (secondary N) is 1. The van der Waals surface area contributed by atoms with Crippen LogP contribution in [-0.4, -0.2) is 24.1 Å². The standard InChI is InChI=1S/C11H13BrN4S/c1-13-10-4-11(15-7-14-10)16(2)5-8-3-9(12)17-6-8/h3-4,6-7H,5H2,1-2H3,(H,13,14,15). The molecule has 0 saturated heterocycles. The Bertz CT molecular complexity index is 500. The highest BCUT2D eigenvalue weighted by molar-refractivity contribution is 9.11. The van der Waals surface area contributed by atoms with Gasteiger partial charge in [0.1, 0.15) is 18.0 Å². The van der Waals surface area contributed by atoms with Crippen LogP contribution in [0, 0.1) is 0 Å². The Kier molecular flexibility index (Phi) is 3.96. The maximum absolute atomic E-state index is 4.26. The predicted molar refractivity (Wildman–Crippen MR) is 75.7 cm³/mol. The smallest absolute Gasteiger partial charge is 0.134 e. The van der Waals surface area contributed by atoms with Crippen molar-refractivity contribution < 1.29 is 0 Å². The largest absolute Gasteiger partial charge is 0.373 e. The molecule has 0 fully saturated rings. The van der Waals surface area contributed by atoms with Crippen molar-refractivity contribution in [2.24, 2.45) is 0 Å². The fraction of sp³-hybridized carbons (Fsp3) is 0.273. The zero-order chi connectivity index (χ0) is 12.3. The summed E-state index contributed by atoms with van der Waals surface area (Å²) < 4.78 is 1.15. The molecule has 0 amide bonds. The fourth-order valence-corrected chi connectivity index (χ4v) is 2.68. The number of anilines is 2.